The molecule has 0 saturated heterocycles. The number of ether oxygens (including phenoxy) is 1. The highest BCUT2D eigenvalue weighted by atomic mass is 35.5. The third-order valence-corrected chi connectivity index (χ3v) is 5.54. The van der Waals surface area contributed by atoms with Crippen molar-refractivity contribution in [2.45, 2.75) is 58.1 Å². The molecule has 1 unspecified atom stereocenters. The fourth-order valence-corrected chi connectivity index (χ4v) is 3.88. The van der Waals surface area contributed by atoms with E-state index in [1.165, 1.54) is 6.07 Å². The van der Waals surface area contributed by atoms with Gasteiger partial charge in [-0.2, -0.15) is 0 Å². The Labute approximate surface area is 176 Å². The topological polar surface area (TPSA) is 111 Å². The summed E-state index contributed by atoms with van der Waals surface area (Å²) in [4.78, 5) is 36.3. The number of carbonyl (C=O) groups excluding carboxylic acids is 3. The maximum atomic E-state index is 12.7. The van der Waals surface area contributed by atoms with E-state index < -0.39 is 6.04 Å². The molecule has 0 aromatic heterocycles. The molecule has 1 fully saturated rings. The highest BCUT2D eigenvalue weighted by molar-refractivity contribution is 6.32. The molecular formula is C21H30ClN3O4. The smallest absolute Gasteiger partial charge is 0.251 e. The lowest BCUT2D eigenvalue weighted by Crippen LogP contribution is -2.47. The first-order chi connectivity index (χ1) is 13.7. The van der Waals surface area contributed by atoms with Crippen LogP contribution in [-0.2, 0) is 9.59 Å². The molecule has 29 heavy (non-hydrogen) atoms. The molecule has 160 valence electrons. The molecule has 0 radical (unpaired) electrons. The molecular weight excluding hydrogens is 394 g/mol. The molecule has 3 amide bonds. The van der Waals surface area contributed by atoms with Crippen LogP contribution in [-0.4, -0.2) is 36.9 Å². The molecule has 1 aliphatic rings. The number of nitrogens with two attached hydrogens (primary N) is 1. The highest BCUT2D eigenvalue weighted by Crippen LogP contribution is 2.31. The van der Waals surface area contributed by atoms with E-state index in [1.807, 2.05) is 13.8 Å². The molecule has 1 aliphatic carbocycles. The number of nitrogens with one attached hydrogen (secondary N) is 2. The monoisotopic (exact) mass is 423 g/mol. The van der Waals surface area contributed by atoms with E-state index in [-0.39, 0.29) is 35.7 Å². The van der Waals surface area contributed by atoms with Crippen LogP contribution in [0.15, 0.2) is 18.2 Å². The second kappa shape index (κ2) is 10.5. The zero-order valence-electron chi connectivity index (χ0n) is 17.2. The summed E-state index contributed by atoms with van der Waals surface area (Å²) in [6.45, 7) is 3.78. The Hall–Kier alpha value is -2.28. The van der Waals surface area contributed by atoms with Crippen molar-refractivity contribution in [3.8, 4) is 5.75 Å². The number of likely N-dealkylation sites (N-methyl/N-ethyl adjacent to an activating group) is 1. The van der Waals surface area contributed by atoms with Gasteiger partial charge in [-0.3, -0.25) is 14.4 Å². The van der Waals surface area contributed by atoms with E-state index in [9.17, 15) is 14.4 Å². The molecule has 4 N–H and O–H groups in total. The van der Waals surface area contributed by atoms with Gasteiger partial charge >= 0.3 is 0 Å². The van der Waals surface area contributed by atoms with Crippen molar-refractivity contribution in [3.05, 3.63) is 28.8 Å². The van der Waals surface area contributed by atoms with Crippen molar-refractivity contribution in [1.29, 1.82) is 0 Å². The van der Waals surface area contributed by atoms with Crippen molar-refractivity contribution < 1.29 is 19.1 Å². The normalized spacial score (nSPS) is 20.0. The Bertz CT molecular complexity index is 745. The van der Waals surface area contributed by atoms with Gasteiger partial charge in [0.2, 0.25) is 11.8 Å². The number of halogens is 1. The van der Waals surface area contributed by atoms with Crippen LogP contribution in [0.25, 0.3) is 0 Å². The van der Waals surface area contributed by atoms with E-state index in [0.29, 0.717) is 22.8 Å². The van der Waals surface area contributed by atoms with Gasteiger partial charge in [0.25, 0.3) is 5.91 Å². The number of hydrogen-bond acceptors (Lipinski definition) is 4. The summed E-state index contributed by atoms with van der Waals surface area (Å²) in [5.74, 6) is -0.219. The Morgan fingerprint density at radius 2 is 1.86 bits per heavy atom. The van der Waals surface area contributed by atoms with Gasteiger partial charge < -0.3 is 21.1 Å². The van der Waals surface area contributed by atoms with Gasteiger partial charge in [0.1, 0.15) is 11.8 Å². The second-order valence-corrected chi connectivity index (χ2v) is 8.22. The third kappa shape index (κ3) is 6.63. The summed E-state index contributed by atoms with van der Waals surface area (Å²) in [7, 11) is 1.54. The summed E-state index contributed by atoms with van der Waals surface area (Å²) >= 11 is 6.22. The second-order valence-electron chi connectivity index (χ2n) is 7.81. The van der Waals surface area contributed by atoms with Gasteiger partial charge in [-0.1, -0.05) is 11.6 Å². The van der Waals surface area contributed by atoms with Gasteiger partial charge in [-0.25, -0.2) is 0 Å². The number of amides is 3. The molecule has 8 heteroatoms. The van der Waals surface area contributed by atoms with Crippen molar-refractivity contribution in [2.75, 3.05) is 7.05 Å². The Kier molecular flexibility index (Phi) is 8.32. The van der Waals surface area contributed by atoms with E-state index in [0.717, 1.165) is 25.7 Å². The number of benzene rings is 1. The van der Waals surface area contributed by atoms with Crippen LogP contribution in [0.4, 0.5) is 0 Å². The highest BCUT2D eigenvalue weighted by Gasteiger charge is 2.29. The molecule has 1 aromatic carbocycles. The lowest BCUT2D eigenvalue weighted by atomic mass is 9.79. The fourth-order valence-electron chi connectivity index (χ4n) is 3.65. The lowest BCUT2D eigenvalue weighted by Gasteiger charge is -2.29. The maximum absolute atomic E-state index is 12.7. The summed E-state index contributed by atoms with van der Waals surface area (Å²) in [5, 5.41) is 5.76. The predicted octanol–water partition coefficient (Wildman–Crippen LogP) is 2.65. The van der Waals surface area contributed by atoms with E-state index >= 15 is 0 Å². The maximum Gasteiger partial charge on any atom is 0.251 e. The zero-order valence-corrected chi connectivity index (χ0v) is 17.9. The van der Waals surface area contributed by atoms with Gasteiger partial charge in [-0.15, -0.1) is 0 Å². The van der Waals surface area contributed by atoms with Crippen LogP contribution in [0.1, 0.15) is 56.3 Å². The molecule has 0 spiro atoms. The van der Waals surface area contributed by atoms with Crippen molar-refractivity contribution >= 4 is 29.3 Å². The van der Waals surface area contributed by atoms with E-state index in [1.54, 1.807) is 19.2 Å². The molecule has 1 saturated carbocycles. The van der Waals surface area contributed by atoms with Crippen molar-refractivity contribution in [2.24, 2.45) is 17.6 Å². The predicted molar refractivity (Wildman–Crippen MR) is 112 cm³/mol. The van der Waals surface area contributed by atoms with Crippen molar-refractivity contribution in [3.63, 3.8) is 0 Å². The Balaban J connectivity index is 2.02. The van der Waals surface area contributed by atoms with Gasteiger partial charge in [0.05, 0.1) is 11.1 Å². The Morgan fingerprint density at radius 1 is 1.21 bits per heavy atom. The first-order valence-electron chi connectivity index (χ1n) is 9.99. The van der Waals surface area contributed by atoms with Crippen LogP contribution >= 0.6 is 11.6 Å². The average molecular weight is 424 g/mol. The molecule has 0 heterocycles. The first kappa shape index (κ1) is 23.0. The zero-order chi connectivity index (χ0) is 21.6. The minimum absolute atomic E-state index is 0.0329. The lowest BCUT2D eigenvalue weighted by molar-refractivity contribution is -0.124. The molecule has 1 aromatic rings. The third-order valence-electron chi connectivity index (χ3n) is 5.24. The summed E-state index contributed by atoms with van der Waals surface area (Å²) in [6.07, 6.45) is 3.55. The minimum atomic E-state index is -0.659. The number of rotatable bonds is 8. The minimum Gasteiger partial charge on any atom is -0.489 e. The average Bonchev–Trinajstić information content (AvgIpc) is 2.68. The molecule has 7 nitrogen and oxygen atoms in total. The van der Waals surface area contributed by atoms with Crippen LogP contribution in [0.3, 0.4) is 0 Å². The van der Waals surface area contributed by atoms with E-state index in [4.69, 9.17) is 22.1 Å². The summed E-state index contributed by atoms with van der Waals surface area (Å²) in [5.41, 5.74) is 5.74. The number of carbonyl (C=O) groups is 3. The van der Waals surface area contributed by atoms with Crippen LogP contribution in [0, 0.1) is 11.8 Å². The van der Waals surface area contributed by atoms with Crippen LogP contribution in [0.5, 0.6) is 5.75 Å². The molecule has 0 aliphatic heterocycles. The van der Waals surface area contributed by atoms with Gasteiger partial charge in [-0.05, 0) is 70.1 Å². The number of primary amides is 1. The quantitative estimate of drug-likeness (QED) is 0.596. The summed E-state index contributed by atoms with van der Waals surface area (Å²) in [6, 6.07) is 4.15. The van der Waals surface area contributed by atoms with Crippen LogP contribution in [0.2, 0.25) is 5.02 Å². The van der Waals surface area contributed by atoms with Crippen LogP contribution < -0.4 is 21.1 Å². The van der Waals surface area contributed by atoms with Gasteiger partial charge in [0, 0.05) is 18.5 Å². The molecule has 1 atom stereocenters. The molecule has 2 rings (SSSR count). The van der Waals surface area contributed by atoms with Crippen molar-refractivity contribution in [1.82, 2.24) is 10.6 Å². The molecule has 0 bridgehead atoms. The summed E-state index contributed by atoms with van der Waals surface area (Å²) < 4.78 is 5.58. The largest absolute Gasteiger partial charge is 0.489 e. The first-order valence-corrected chi connectivity index (χ1v) is 10.4. The fraction of sp³-hybridized carbons (Fsp3) is 0.571. The van der Waals surface area contributed by atoms with Gasteiger partial charge in [0.15, 0.2) is 0 Å². The Morgan fingerprint density at radius 3 is 2.38 bits per heavy atom. The standard InChI is InChI=1S/C21H30ClN3O4/c1-12(2)29-18-9-8-15(11-16(18)22)20(27)25-17(21(28)24-3)10-13-4-6-14(7-5-13)19(23)26/h8-9,11-14,17H,4-7,10H2,1-3H3,(H2,23,26)(H,24,28)(H,25,27). The SMILES string of the molecule is CNC(=O)C(CC1CCC(C(N)=O)CC1)NC(=O)c1ccc(OC(C)C)c(Cl)c1. The van der Waals surface area contributed by atoms with E-state index in [2.05, 4.69) is 10.6 Å². The number of hydrogen-bond donors (Lipinski definition) is 3.